The third-order valence-corrected chi connectivity index (χ3v) is 3.87. The topological polar surface area (TPSA) is 56.5 Å². The van der Waals surface area contributed by atoms with E-state index < -0.39 is 0 Å². The Morgan fingerprint density at radius 1 is 1.44 bits per heavy atom. The lowest BCUT2D eigenvalue weighted by molar-refractivity contribution is -0.128. The molecule has 0 spiro atoms. The van der Waals surface area contributed by atoms with Gasteiger partial charge in [0, 0.05) is 32.7 Å². The molecular weight excluding hydrogens is 204 g/mol. The Morgan fingerprint density at radius 2 is 2.12 bits per heavy atom. The van der Waals surface area contributed by atoms with Crippen molar-refractivity contribution in [1.82, 2.24) is 5.43 Å². The number of hydrogen-bond donors (Lipinski definition) is 2. The number of rotatable bonds is 6. The van der Waals surface area contributed by atoms with Gasteiger partial charge < -0.3 is 9.47 Å². The molecule has 1 unspecified atom stereocenters. The summed E-state index contributed by atoms with van der Waals surface area (Å²) in [5.41, 5.74) is 2.90. The van der Waals surface area contributed by atoms with Crippen LogP contribution in [0.5, 0.6) is 0 Å². The molecule has 3 N–H and O–H groups in total. The minimum absolute atomic E-state index is 0.0929. The molecule has 1 aliphatic carbocycles. The van der Waals surface area contributed by atoms with E-state index >= 15 is 0 Å². The summed E-state index contributed by atoms with van der Waals surface area (Å²) >= 11 is 0. The van der Waals surface area contributed by atoms with Crippen LogP contribution in [-0.2, 0) is 9.47 Å². The third-order valence-electron chi connectivity index (χ3n) is 3.87. The molecule has 94 valence electrons. The first-order valence-corrected chi connectivity index (χ1v) is 6.48. The number of hydrazine groups is 1. The maximum atomic E-state index is 6.03. The summed E-state index contributed by atoms with van der Waals surface area (Å²) in [6, 6.07) is 0.281. The molecule has 1 aliphatic heterocycles. The molecule has 2 rings (SSSR count). The van der Waals surface area contributed by atoms with Gasteiger partial charge in [-0.05, 0) is 19.3 Å². The summed E-state index contributed by atoms with van der Waals surface area (Å²) in [6.45, 7) is 4.40. The number of nitrogens with two attached hydrogens (primary N) is 1. The Morgan fingerprint density at radius 3 is 2.62 bits per heavy atom. The van der Waals surface area contributed by atoms with E-state index in [0.717, 1.165) is 45.0 Å². The highest BCUT2D eigenvalue weighted by molar-refractivity contribution is 4.96. The minimum atomic E-state index is -0.0929. The summed E-state index contributed by atoms with van der Waals surface area (Å²) < 4.78 is 11.5. The zero-order valence-corrected chi connectivity index (χ0v) is 10.2. The van der Waals surface area contributed by atoms with Crippen LogP contribution < -0.4 is 11.3 Å². The second-order valence-electron chi connectivity index (χ2n) is 5.01. The van der Waals surface area contributed by atoms with Crippen LogP contribution in [0.3, 0.4) is 0 Å². The SMILES string of the molecule is CCOC1(C(CC2CC2)NN)CCOCC1. The van der Waals surface area contributed by atoms with Crippen LogP contribution in [0.15, 0.2) is 0 Å². The molecule has 4 nitrogen and oxygen atoms in total. The average Bonchev–Trinajstić information content (AvgIpc) is 3.11. The predicted molar refractivity (Wildman–Crippen MR) is 62.9 cm³/mol. The fourth-order valence-electron chi connectivity index (χ4n) is 2.72. The van der Waals surface area contributed by atoms with Gasteiger partial charge in [-0.2, -0.15) is 0 Å². The normalized spacial score (nSPS) is 26.6. The van der Waals surface area contributed by atoms with Gasteiger partial charge in [0.25, 0.3) is 0 Å². The van der Waals surface area contributed by atoms with Crippen LogP contribution in [0.4, 0.5) is 0 Å². The van der Waals surface area contributed by atoms with Crippen molar-refractivity contribution in [2.24, 2.45) is 11.8 Å². The van der Waals surface area contributed by atoms with Crippen molar-refractivity contribution in [1.29, 1.82) is 0 Å². The van der Waals surface area contributed by atoms with Gasteiger partial charge in [0.05, 0.1) is 11.6 Å². The van der Waals surface area contributed by atoms with Crippen molar-refractivity contribution in [2.45, 2.75) is 50.7 Å². The Bertz CT molecular complexity index is 208. The van der Waals surface area contributed by atoms with Crippen LogP contribution in [0.25, 0.3) is 0 Å². The van der Waals surface area contributed by atoms with Crippen molar-refractivity contribution < 1.29 is 9.47 Å². The van der Waals surface area contributed by atoms with Crippen molar-refractivity contribution in [3.05, 3.63) is 0 Å². The fourth-order valence-corrected chi connectivity index (χ4v) is 2.72. The fraction of sp³-hybridized carbons (Fsp3) is 1.00. The molecular formula is C12H24N2O2. The third kappa shape index (κ3) is 2.74. The molecule has 1 heterocycles. The molecule has 4 heteroatoms. The van der Waals surface area contributed by atoms with E-state index in [0.29, 0.717) is 0 Å². The molecule has 0 aromatic rings. The second kappa shape index (κ2) is 5.45. The maximum absolute atomic E-state index is 6.03. The second-order valence-corrected chi connectivity index (χ2v) is 5.01. The molecule has 1 atom stereocenters. The Labute approximate surface area is 97.8 Å². The maximum Gasteiger partial charge on any atom is 0.0891 e. The summed E-state index contributed by atoms with van der Waals surface area (Å²) in [4.78, 5) is 0. The molecule has 0 bridgehead atoms. The summed E-state index contributed by atoms with van der Waals surface area (Å²) in [5, 5.41) is 0. The lowest BCUT2D eigenvalue weighted by Gasteiger charge is -2.43. The summed E-state index contributed by atoms with van der Waals surface area (Å²) in [7, 11) is 0. The van der Waals surface area contributed by atoms with E-state index in [1.54, 1.807) is 0 Å². The van der Waals surface area contributed by atoms with Crippen molar-refractivity contribution in [3.8, 4) is 0 Å². The first kappa shape index (κ1) is 12.3. The summed E-state index contributed by atoms with van der Waals surface area (Å²) in [5.74, 6) is 6.59. The van der Waals surface area contributed by atoms with Gasteiger partial charge in [-0.1, -0.05) is 12.8 Å². The lowest BCUT2D eigenvalue weighted by atomic mass is 9.83. The van der Waals surface area contributed by atoms with E-state index in [2.05, 4.69) is 12.3 Å². The average molecular weight is 228 g/mol. The predicted octanol–water partition coefficient (Wildman–Crippen LogP) is 1.20. The van der Waals surface area contributed by atoms with E-state index in [9.17, 15) is 0 Å². The monoisotopic (exact) mass is 228 g/mol. The highest BCUT2D eigenvalue weighted by Gasteiger charge is 2.42. The first-order valence-electron chi connectivity index (χ1n) is 6.48. The highest BCUT2D eigenvalue weighted by atomic mass is 16.5. The van der Waals surface area contributed by atoms with Crippen LogP contribution in [0.2, 0.25) is 0 Å². The molecule has 0 amide bonds. The van der Waals surface area contributed by atoms with E-state index in [1.807, 2.05) is 0 Å². The van der Waals surface area contributed by atoms with Gasteiger partial charge >= 0.3 is 0 Å². The zero-order valence-electron chi connectivity index (χ0n) is 10.2. The van der Waals surface area contributed by atoms with Gasteiger partial charge in [-0.15, -0.1) is 0 Å². The molecule has 2 aliphatic rings. The van der Waals surface area contributed by atoms with Crippen LogP contribution in [-0.4, -0.2) is 31.5 Å². The van der Waals surface area contributed by atoms with E-state index in [4.69, 9.17) is 15.3 Å². The standard InChI is InChI=1S/C12H24N2O2/c1-2-16-12(5-7-15-8-6-12)11(14-13)9-10-3-4-10/h10-11,14H,2-9,13H2,1H3. The molecule has 1 saturated heterocycles. The smallest absolute Gasteiger partial charge is 0.0891 e. The Kier molecular flexibility index (Phi) is 4.19. The van der Waals surface area contributed by atoms with Gasteiger partial charge in [0.1, 0.15) is 0 Å². The number of nitrogens with one attached hydrogen (secondary N) is 1. The Hall–Kier alpha value is -0.160. The van der Waals surface area contributed by atoms with E-state index in [1.165, 1.54) is 12.8 Å². The largest absolute Gasteiger partial charge is 0.381 e. The van der Waals surface area contributed by atoms with Crippen molar-refractivity contribution in [3.63, 3.8) is 0 Å². The quantitative estimate of drug-likeness (QED) is 0.530. The van der Waals surface area contributed by atoms with Gasteiger partial charge in [0.2, 0.25) is 0 Å². The summed E-state index contributed by atoms with van der Waals surface area (Å²) in [6.07, 6.45) is 5.79. The molecule has 1 saturated carbocycles. The molecule has 16 heavy (non-hydrogen) atoms. The number of hydrogen-bond acceptors (Lipinski definition) is 4. The zero-order chi connectivity index (χ0) is 11.4. The van der Waals surface area contributed by atoms with Crippen molar-refractivity contribution in [2.75, 3.05) is 19.8 Å². The van der Waals surface area contributed by atoms with Crippen LogP contribution in [0.1, 0.15) is 39.0 Å². The Balaban J connectivity index is 2.00. The lowest BCUT2D eigenvalue weighted by Crippen LogP contribution is -2.57. The number of ether oxygens (including phenoxy) is 2. The highest BCUT2D eigenvalue weighted by Crippen LogP contribution is 2.39. The van der Waals surface area contributed by atoms with E-state index in [-0.39, 0.29) is 11.6 Å². The van der Waals surface area contributed by atoms with Crippen molar-refractivity contribution >= 4 is 0 Å². The molecule has 0 radical (unpaired) electrons. The van der Waals surface area contributed by atoms with Crippen LogP contribution in [0, 0.1) is 5.92 Å². The first-order chi connectivity index (χ1) is 7.80. The van der Waals surface area contributed by atoms with Crippen LogP contribution >= 0.6 is 0 Å². The minimum Gasteiger partial charge on any atom is -0.381 e. The van der Waals surface area contributed by atoms with Gasteiger partial charge in [0.15, 0.2) is 0 Å². The van der Waals surface area contributed by atoms with Gasteiger partial charge in [-0.25, -0.2) is 0 Å². The molecule has 0 aromatic heterocycles. The molecule has 0 aromatic carbocycles. The molecule has 2 fully saturated rings. The van der Waals surface area contributed by atoms with Gasteiger partial charge in [-0.3, -0.25) is 11.3 Å².